The van der Waals surface area contributed by atoms with E-state index in [4.69, 9.17) is 4.42 Å². The number of aryl methyl sites for hydroxylation is 1. The number of fused-ring (bicyclic) bond motifs is 1. The second-order valence-corrected chi connectivity index (χ2v) is 4.39. The van der Waals surface area contributed by atoms with Gasteiger partial charge < -0.3 is 9.73 Å². The summed E-state index contributed by atoms with van der Waals surface area (Å²) in [6.07, 6.45) is 0.873. The highest BCUT2D eigenvalue weighted by atomic mass is 16.4. The summed E-state index contributed by atoms with van der Waals surface area (Å²) in [7, 11) is 1.62. The Labute approximate surface area is 104 Å². The summed E-state index contributed by atoms with van der Waals surface area (Å²) in [5, 5.41) is 2.88. The first kappa shape index (κ1) is 12.4. The maximum atomic E-state index is 11.9. The largest absolute Gasteiger partial charge is 0.419 e. The second-order valence-electron chi connectivity index (χ2n) is 4.39. The van der Waals surface area contributed by atoms with Gasteiger partial charge in [0.05, 0.1) is 5.52 Å². The van der Waals surface area contributed by atoms with Crippen molar-refractivity contribution in [3.8, 4) is 0 Å². The van der Waals surface area contributed by atoms with E-state index in [0.29, 0.717) is 16.7 Å². The smallest absolute Gasteiger partial charge is 0.408 e. The van der Waals surface area contributed by atoms with Crippen LogP contribution in [0.3, 0.4) is 0 Å². The lowest BCUT2D eigenvalue weighted by molar-refractivity contribution is 0.0939. The number of benzene rings is 1. The predicted molar refractivity (Wildman–Crippen MR) is 68.7 cm³/mol. The van der Waals surface area contributed by atoms with E-state index in [1.54, 1.807) is 25.2 Å². The molecule has 0 fully saturated rings. The van der Waals surface area contributed by atoms with Crippen molar-refractivity contribution in [2.24, 2.45) is 7.05 Å². The number of oxazole rings is 1. The van der Waals surface area contributed by atoms with Gasteiger partial charge in [0.1, 0.15) is 0 Å². The third kappa shape index (κ3) is 2.16. The van der Waals surface area contributed by atoms with E-state index < -0.39 is 5.76 Å². The molecule has 0 bridgehead atoms. The summed E-state index contributed by atoms with van der Waals surface area (Å²) in [5.41, 5.74) is 1.64. The van der Waals surface area contributed by atoms with Crippen LogP contribution in [-0.2, 0) is 7.05 Å². The Morgan fingerprint density at radius 1 is 1.50 bits per heavy atom. The molecule has 1 heterocycles. The van der Waals surface area contributed by atoms with Crippen LogP contribution >= 0.6 is 0 Å². The number of nitrogens with one attached hydrogen (secondary N) is 1. The van der Waals surface area contributed by atoms with Crippen molar-refractivity contribution >= 4 is 17.0 Å². The molecular weight excluding hydrogens is 232 g/mol. The molecule has 1 aromatic carbocycles. The molecular formula is C13H16N2O3. The molecule has 5 heteroatoms. The van der Waals surface area contributed by atoms with Gasteiger partial charge in [0, 0.05) is 18.7 Å². The standard InChI is InChI=1S/C13H16N2O3/c1-4-8(2)14-12(16)9-5-6-11-10(7-9)15(3)13(17)18-11/h5-8H,4H2,1-3H3,(H,14,16). The van der Waals surface area contributed by atoms with Gasteiger partial charge in [-0.15, -0.1) is 0 Å². The van der Waals surface area contributed by atoms with E-state index in [9.17, 15) is 9.59 Å². The van der Waals surface area contributed by atoms with Gasteiger partial charge in [0.15, 0.2) is 5.58 Å². The Bertz CT molecular complexity index is 639. The van der Waals surface area contributed by atoms with Crippen molar-refractivity contribution in [3.05, 3.63) is 34.3 Å². The van der Waals surface area contributed by atoms with Crippen LogP contribution in [-0.4, -0.2) is 16.5 Å². The topological polar surface area (TPSA) is 64.2 Å². The van der Waals surface area contributed by atoms with Crippen LogP contribution < -0.4 is 11.1 Å². The van der Waals surface area contributed by atoms with Gasteiger partial charge in [0.25, 0.3) is 5.91 Å². The molecule has 2 rings (SSSR count). The average Bonchev–Trinajstić information content (AvgIpc) is 2.64. The van der Waals surface area contributed by atoms with Crippen LogP contribution in [0.5, 0.6) is 0 Å². The highest BCUT2D eigenvalue weighted by Crippen LogP contribution is 2.14. The quantitative estimate of drug-likeness (QED) is 0.898. The molecule has 0 saturated heterocycles. The zero-order valence-corrected chi connectivity index (χ0v) is 10.7. The van der Waals surface area contributed by atoms with Crippen molar-refractivity contribution in [1.29, 1.82) is 0 Å². The number of carbonyl (C=O) groups excluding carboxylic acids is 1. The zero-order valence-electron chi connectivity index (χ0n) is 10.7. The van der Waals surface area contributed by atoms with Crippen molar-refractivity contribution < 1.29 is 9.21 Å². The van der Waals surface area contributed by atoms with Crippen LogP contribution in [0.25, 0.3) is 11.1 Å². The van der Waals surface area contributed by atoms with Gasteiger partial charge >= 0.3 is 5.76 Å². The van der Waals surface area contributed by atoms with E-state index in [-0.39, 0.29) is 11.9 Å². The summed E-state index contributed by atoms with van der Waals surface area (Å²) >= 11 is 0. The SMILES string of the molecule is CCC(C)NC(=O)c1ccc2oc(=O)n(C)c2c1. The zero-order chi connectivity index (χ0) is 13.3. The normalized spacial score (nSPS) is 12.6. The number of hydrogen-bond donors (Lipinski definition) is 1. The van der Waals surface area contributed by atoms with E-state index in [1.807, 2.05) is 13.8 Å². The molecule has 0 aliphatic heterocycles. The maximum Gasteiger partial charge on any atom is 0.419 e. The van der Waals surface area contributed by atoms with Gasteiger partial charge in [0.2, 0.25) is 0 Å². The molecule has 1 aromatic heterocycles. The molecule has 5 nitrogen and oxygen atoms in total. The van der Waals surface area contributed by atoms with Gasteiger partial charge in [-0.1, -0.05) is 6.92 Å². The monoisotopic (exact) mass is 248 g/mol. The summed E-state index contributed by atoms with van der Waals surface area (Å²) in [4.78, 5) is 23.3. The molecule has 0 aliphatic carbocycles. The first-order valence-corrected chi connectivity index (χ1v) is 5.93. The third-order valence-corrected chi connectivity index (χ3v) is 3.04. The number of hydrogen-bond acceptors (Lipinski definition) is 3. The van der Waals surface area contributed by atoms with E-state index in [0.717, 1.165) is 6.42 Å². The number of carbonyl (C=O) groups is 1. The first-order chi connectivity index (χ1) is 8.52. The number of aromatic nitrogens is 1. The van der Waals surface area contributed by atoms with Crippen LogP contribution in [0.1, 0.15) is 30.6 Å². The lowest BCUT2D eigenvalue weighted by Gasteiger charge is -2.11. The summed E-state index contributed by atoms with van der Waals surface area (Å²) in [6.45, 7) is 3.96. The first-order valence-electron chi connectivity index (χ1n) is 5.93. The number of nitrogens with zero attached hydrogens (tertiary/aromatic N) is 1. The summed E-state index contributed by atoms with van der Waals surface area (Å²) in [5.74, 6) is -0.565. The fourth-order valence-corrected chi connectivity index (χ4v) is 1.68. The molecule has 1 amide bonds. The number of amides is 1. The van der Waals surface area contributed by atoms with Gasteiger partial charge in [-0.05, 0) is 31.5 Å². The molecule has 2 aromatic rings. The van der Waals surface area contributed by atoms with Gasteiger partial charge in [-0.25, -0.2) is 4.79 Å². The summed E-state index contributed by atoms with van der Waals surface area (Å²) in [6, 6.07) is 5.09. The van der Waals surface area contributed by atoms with Crippen molar-refractivity contribution in [1.82, 2.24) is 9.88 Å². The van der Waals surface area contributed by atoms with Crippen LogP contribution in [0, 0.1) is 0 Å². The van der Waals surface area contributed by atoms with E-state index in [1.165, 1.54) is 4.57 Å². The lowest BCUT2D eigenvalue weighted by Crippen LogP contribution is -2.31. The maximum absolute atomic E-state index is 11.9. The molecule has 1 unspecified atom stereocenters. The number of rotatable bonds is 3. The van der Waals surface area contributed by atoms with E-state index >= 15 is 0 Å². The van der Waals surface area contributed by atoms with Gasteiger partial charge in [-0.3, -0.25) is 9.36 Å². The fourth-order valence-electron chi connectivity index (χ4n) is 1.68. The molecule has 0 saturated carbocycles. The molecule has 1 N–H and O–H groups in total. The van der Waals surface area contributed by atoms with Crippen LogP contribution in [0.4, 0.5) is 0 Å². The van der Waals surface area contributed by atoms with Crippen molar-refractivity contribution in [2.45, 2.75) is 26.3 Å². The third-order valence-electron chi connectivity index (χ3n) is 3.04. The van der Waals surface area contributed by atoms with Gasteiger partial charge in [-0.2, -0.15) is 0 Å². The van der Waals surface area contributed by atoms with E-state index in [2.05, 4.69) is 5.32 Å². The molecule has 0 aliphatic rings. The predicted octanol–water partition coefficient (Wildman–Crippen LogP) is 1.66. The highest BCUT2D eigenvalue weighted by molar-refractivity contribution is 5.97. The molecule has 18 heavy (non-hydrogen) atoms. The Kier molecular flexibility index (Phi) is 3.23. The molecule has 1 atom stereocenters. The molecule has 0 spiro atoms. The lowest BCUT2D eigenvalue weighted by atomic mass is 10.1. The van der Waals surface area contributed by atoms with Crippen molar-refractivity contribution in [3.63, 3.8) is 0 Å². The Morgan fingerprint density at radius 2 is 2.22 bits per heavy atom. The average molecular weight is 248 g/mol. The fraction of sp³-hybridized carbons (Fsp3) is 0.385. The second kappa shape index (κ2) is 4.68. The van der Waals surface area contributed by atoms with Crippen molar-refractivity contribution in [2.75, 3.05) is 0 Å². The van der Waals surface area contributed by atoms with Crippen LogP contribution in [0.15, 0.2) is 27.4 Å². The Balaban J connectivity index is 2.38. The summed E-state index contributed by atoms with van der Waals surface area (Å²) < 4.78 is 6.40. The molecule has 96 valence electrons. The molecule has 0 radical (unpaired) electrons. The minimum Gasteiger partial charge on any atom is -0.408 e. The van der Waals surface area contributed by atoms with Crippen LogP contribution in [0.2, 0.25) is 0 Å². The highest BCUT2D eigenvalue weighted by Gasteiger charge is 2.12. The minimum absolute atomic E-state index is 0.126. The minimum atomic E-state index is -0.426. The Hall–Kier alpha value is -2.04. The Morgan fingerprint density at radius 3 is 2.89 bits per heavy atom.